The van der Waals surface area contributed by atoms with Crippen LogP contribution in [0, 0.1) is 5.82 Å². The van der Waals surface area contributed by atoms with E-state index in [4.69, 9.17) is 0 Å². The lowest BCUT2D eigenvalue weighted by Gasteiger charge is -2.13. The van der Waals surface area contributed by atoms with Gasteiger partial charge in [0.05, 0.1) is 0 Å². The van der Waals surface area contributed by atoms with Crippen molar-refractivity contribution in [1.82, 2.24) is 4.72 Å². The van der Waals surface area contributed by atoms with Gasteiger partial charge in [0.15, 0.2) is 0 Å². The lowest BCUT2D eigenvalue weighted by Crippen LogP contribution is -2.27. The van der Waals surface area contributed by atoms with Crippen molar-refractivity contribution in [2.24, 2.45) is 0 Å². The fourth-order valence-electron chi connectivity index (χ4n) is 1.12. The van der Waals surface area contributed by atoms with Gasteiger partial charge in [0.2, 0.25) is 10.0 Å². The number of sulfonamides is 1. The number of alkyl halides is 1. The quantitative estimate of drug-likeness (QED) is 0.865. The summed E-state index contributed by atoms with van der Waals surface area (Å²) in [6, 6.07) is 5.34. The first-order valence-corrected chi connectivity index (χ1v) is 7.03. The van der Waals surface area contributed by atoms with E-state index in [9.17, 15) is 12.8 Å². The van der Waals surface area contributed by atoms with Crippen LogP contribution in [-0.2, 0) is 10.0 Å². The molecule has 0 radical (unpaired) electrons. The Balaban J connectivity index is 2.78. The highest BCUT2D eigenvalue weighted by Crippen LogP contribution is 2.14. The molecule has 0 saturated heterocycles. The Kier molecular flexibility index (Phi) is 4.24. The summed E-state index contributed by atoms with van der Waals surface area (Å²) >= 11 is 2.87. The molecule has 0 saturated carbocycles. The van der Waals surface area contributed by atoms with E-state index in [-0.39, 0.29) is 16.5 Å². The van der Waals surface area contributed by atoms with Crippen LogP contribution in [-0.4, -0.2) is 13.1 Å². The van der Waals surface area contributed by atoms with Gasteiger partial charge in [-0.2, -0.15) is 0 Å². The molecule has 15 heavy (non-hydrogen) atoms. The van der Waals surface area contributed by atoms with Crippen LogP contribution in [0.4, 0.5) is 4.39 Å². The van der Waals surface area contributed by atoms with Gasteiger partial charge in [-0.25, -0.2) is 17.5 Å². The predicted molar refractivity (Wildman–Crippen MR) is 60.7 cm³/mol. The van der Waals surface area contributed by atoms with Gasteiger partial charge in [0.25, 0.3) is 0 Å². The molecule has 0 bridgehead atoms. The number of hydrogen-bond acceptors (Lipinski definition) is 2. The molecule has 0 heterocycles. The molecule has 1 aromatic carbocycles. The Hall–Kier alpha value is -0.460. The van der Waals surface area contributed by atoms with E-state index in [1.807, 2.05) is 0 Å². The van der Waals surface area contributed by atoms with Crippen LogP contribution in [0.2, 0.25) is 0 Å². The molecule has 0 aliphatic heterocycles. The Morgan fingerprint density at radius 1 is 1.40 bits per heavy atom. The molecule has 1 aromatic rings. The zero-order valence-corrected chi connectivity index (χ0v) is 10.5. The number of halogens is 2. The minimum Gasteiger partial charge on any atom is -0.212 e. The van der Waals surface area contributed by atoms with E-state index in [0.717, 1.165) is 5.56 Å². The van der Waals surface area contributed by atoms with Gasteiger partial charge in [-0.05, 0) is 24.6 Å². The molecule has 6 heteroatoms. The Morgan fingerprint density at radius 2 is 1.93 bits per heavy atom. The van der Waals surface area contributed by atoms with Crippen molar-refractivity contribution in [3.63, 3.8) is 0 Å². The summed E-state index contributed by atoms with van der Waals surface area (Å²) < 4.78 is 37.3. The summed E-state index contributed by atoms with van der Waals surface area (Å²) in [6.07, 6.45) is 0. The number of rotatable bonds is 4. The van der Waals surface area contributed by atoms with Gasteiger partial charge >= 0.3 is 0 Å². The van der Waals surface area contributed by atoms with Crippen LogP contribution >= 0.6 is 15.9 Å². The minimum atomic E-state index is -3.30. The van der Waals surface area contributed by atoms with Gasteiger partial charge in [-0.1, -0.05) is 28.1 Å². The maximum Gasteiger partial charge on any atom is 0.222 e. The SMILES string of the molecule is CC(NS(=O)(=O)CBr)c1ccc(F)cc1. The molecule has 3 nitrogen and oxygen atoms in total. The Morgan fingerprint density at radius 3 is 2.40 bits per heavy atom. The smallest absolute Gasteiger partial charge is 0.212 e. The van der Waals surface area contributed by atoms with Crippen molar-refractivity contribution >= 4 is 26.0 Å². The van der Waals surface area contributed by atoms with Crippen molar-refractivity contribution < 1.29 is 12.8 Å². The molecule has 1 unspecified atom stereocenters. The minimum absolute atomic E-state index is 0.147. The van der Waals surface area contributed by atoms with Gasteiger partial charge in [-0.3, -0.25) is 0 Å². The topological polar surface area (TPSA) is 46.2 Å². The standard InChI is InChI=1S/C9H11BrFNO2S/c1-7(12-15(13,14)6-10)8-2-4-9(11)5-3-8/h2-5,7,12H,6H2,1H3. The average molecular weight is 296 g/mol. The van der Waals surface area contributed by atoms with Crippen LogP contribution in [0.15, 0.2) is 24.3 Å². The second-order valence-corrected chi connectivity index (χ2v) is 6.17. The number of hydrogen-bond donors (Lipinski definition) is 1. The number of nitrogens with one attached hydrogen (secondary N) is 1. The highest BCUT2D eigenvalue weighted by molar-refractivity contribution is 9.10. The van der Waals surface area contributed by atoms with Crippen molar-refractivity contribution in [3.8, 4) is 0 Å². The van der Waals surface area contributed by atoms with Gasteiger partial charge in [0, 0.05) is 6.04 Å². The third-order valence-electron chi connectivity index (χ3n) is 1.87. The second kappa shape index (κ2) is 5.05. The van der Waals surface area contributed by atoms with E-state index < -0.39 is 10.0 Å². The van der Waals surface area contributed by atoms with Crippen molar-refractivity contribution in [1.29, 1.82) is 0 Å². The molecule has 0 aliphatic carbocycles. The highest BCUT2D eigenvalue weighted by atomic mass is 79.9. The van der Waals surface area contributed by atoms with Gasteiger partial charge < -0.3 is 0 Å². The van der Waals surface area contributed by atoms with E-state index in [1.165, 1.54) is 12.1 Å². The van der Waals surface area contributed by atoms with E-state index in [0.29, 0.717) is 0 Å². The molecular weight excluding hydrogens is 285 g/mol. The molecule has 0 spiro atoms. The highest BCUT2D eigenvalue weighted by Gasteiger charge is 2.13. The first-order valence-electron chi connectivity index (χ1n) is 4.26. The molecule has 1 N–H and O–H groups in total. The zero-order chi connectivity index (χ0) is 11.5. The average Bonchev–Trinajstić information content (AvgIpc) is 2.18. The van der Waals surface area contributed by atoms with E-state index in [2.05, 4.69) is 20.7 Å². The van der Waals surface area contributed by atoms with Crippen LogP contribution in [0.3, 0.4) is 0 Å². The van der Waals surface area contributed by atoms with E-state index >= 15 is 0 Å². The molecule has 0 amide bonds. The van der Waals surface area contributed by atoms with Gasteiger partial charge in [-0.15, -0.1) is 0 Å². The Bertz CT molecular complexity index is 418. The summed E-state index contributed by atoms with van der Waals surface area (Å²) in [5.74, 6) is -0.339. The maximum atomic E-state index is 12.6. The van der Waals surface area contributed by atoms with Crippen molar-refractivity contribution in [2.75, 3.05) is 4.66 Å². The number of benzene rings is 1. The summed E-state index contributed by atoms with van der Waals surface area (Å²) in [4.78, 5) is 0. The molecule has 0 fully saturated rings. The third kappa shape index (κ3) is 3.89. The lowest BCUT2D eigenvalue weighted by molar-refractivity contribution is 0.571. The maximum absolute atomic E-state index is 12.6. The molecule has 84 valence electrons. The summed E-state index contributed by atoms with van der Waals surface area (Å²) in [7, 11) is -3.30. The molecule has 0 aromatic heterocycles. The Labute approximate surface area is 96.9 Å². The van der Waals surface area contributed by atoms with Gasteiger partial charge in [0.1, 0.15) is 10.5 Å². The van der Waals surface area contributed by atoms with Crippen LogP contribution in [0.1, 0.15) is 18.5 Å². The third-order valence-corrected chi connectivity index (χ3v) is 4.68. The molecule has 1 rings (SSSR count). The first-order chi connectivity index (χ1) is 6.94. The normalized spacial score (nSPS) is 13.8. The monoisotopic (exact) mass is 295 g/mol. The predicted octanol–water partition coefficient (Wildman–Crippen LogP) is 2.16. The summed E-state index contributed by atoms with van der Waals surface area (Å²) in [5, 5.41) is 0. The van der Waals surface area contributed by atoms with Crippen molar-refractivity contribution in [2.45, 2.75) is 13.0 Å². The molecule has 0 aliphatic rings. The zero-order valence-electron chi connectivity index (χ0n) is 8.07. The molecule has 1 atom stereocenters. The summed E-state index contributed by atoms with van der Waals surface area (Å²) in [6.45, 7) is 1.70. The molecular formula is C9H11BrFNO2S. The first kappa shape index (κ1) is 12.6. The summed E-state index contributed by atoms with van der Waals surface area (Å²) in [5.41, 5.74) is 0.723. The largest absolute Gasteiger partial charge is 0.222 e. The fourth-order valence-corrected chi connectivity index (χ4v) is 2.25. The van der Waals surface area contributed by atoms with E-state index in [1.54, 1.807) is 19.1 Å². The van der Waals surface area contributed by atoms with Crippen molar-refractivity contribution in [3.05, 3.63) is 35.6 Å². The lowest BCUT2D eigenvalue weighted by atomic mass is 10.1. The second-order valence-electron chi connectivity index (χ2n) is 3.11. The van der Waals surface area contributed by atoms with Crippen LogP contribution in [0.25, 0.3) is 0 Å². The fraction of sp³-hybridized carbons (Fsp3) is 0.333. The van der Waals surface area contributed by atoms with Crippen LogP contribution < -0.4 is 4.72 Å². The van der Waals surface area contributed by atoms with Crippen LogP contribution in [0.5, 0.6) is 0 Å².